The Morgan fingerprint density at radius 1 is 1.06 bits per heavy atom. The van der Waals surface area contributed by atoms with Gasteiger partial charge in [-0.15, -0.1) is 11.3 Å². The van der Waals surface area contributed by atoms with E-state index in [1.807, 2.05) is 46.3 Å². The molecule has 5 aromatic rings. The van der Waals surface area contributed by atoms with Gasteiger partial charge in [0, 0.05) is 24.5 Å². The fourth-order valence-electron chi connectivity index (χ4n) is 4.86. The van der Waals surface area contributed by atoms with Gasteiger partial charge in [0.1, 0.15) is 5.82 Å². The van der Waals surface area contributed by atoms with Crippen LogP contribution >= 0.6 is 11.3 Å². The van der Waals surface area contributed by atoms with Crippen molar-refractivity contribution in [1.29, 1.82) is 0 Å². The van der Waals surface area contributed by atoms with Crippen molar-refractivity contribution in [1.82, 2.24) is 19.4 Å². The first-order chi connectivity index (χ1) is 16.6. The van der Waals surface area contributed by atoms with Crippen LogP contribution in [0, 0.1) is 5.82 Å². The van der Waals surface area contributed by atoms with Crippen LogP contribution in [0.4, 0.5) is 4.39 Å². The highest BCUT2D eigenvalue weighted by molar-refractivity contribution is 7.13. The normalized spacial score (nSPS) is 14.8. The fraction of sp³-hybridized carbons (Fsp3) is 0.192. The first-order valence-corrected chi connectivity index (χ1v) is 12.1. The molecule has 34 heavy (non-hydrogen) atoms. The molecule has 0 unspecified atom stereocenters. The molecule has 0 radical (unpaired) electrons. The highest BCUT2D eigenvalue weighted by Crippen LogP contribution is 2.31. The van der Waals surface area contributed by atoms with Gasteiger partial charge < -0.3 is 9.88 Å². The van der Waals surface area contributed by atoms with Gasteiger partial charge in [-0.25, -0.2) is 14.2 Å². The first kappa shape index (κ1) is 20.8. The summed E-state index contributed by atoms with van der Waals surface area (Å²) in [6.45, 7) is 1.03. The molecule has 6 rings (SSSR count). The zero-order valence-corrected chi connectivity index (χ0v) is 19.0. The van der Waals surface area contributed by atoms with Crippen molar-refractivity contribution in [2.75, 3.05) is 13.1 Å². The number of hydrogen-bond donors (Lipinski definition) is 1. The Labute approximate surface area is 198 Å². The van der Waals surface area contributed by atoms with Gasteiger partial charge in [-0.3, -0.25) is 9.36 Å². The van der Waals surface area contributed by atoms with E-state index in [4.69, 9.17) is 0 Å². The summed E-state index contributed by atoms with van der Waals surface area (Å²) in [7, 11) is 0. The number of aromatic amines is 1. The molecule has 0 aliphatic carbocycles. The van der Waals surface area contributed by atoms with E-state index >= 15 is 0 Å². The number of amides is 1. The van der Waals surface area contributed by atoms with Crippen LogP contribution in [0.25, 0.3) is 32.5 Å². The number of H-pyrrole nitrogens is 1. The minimum Gasteiger partial charge on any atom is -0.338 e. The molecule has 1 aliphatic heterocycles. The Morgan fingerprint density at radius 3 is 2.68 bits per heavy atom. The van der Waals surface area contributed by atoms with E-state index in [2.05, 4.69) is 9.97 Å². The number of para-hydroxylation sites is 2. The number of carbonyl (C=O) groups is 1. The monoisotopic (exact) mass is 472 g/mol. The van der Waals surface area contributed by atoms with E-state index in [1.165, 1.54) is 12.1 Å². The third-order valence-electron chi connectivity index (χ3n) is 6.52. The summed E-state index contributed by atoms with van der Waals surface area (Å²) in [5.41, 5.74) is 3.33. The van der Waals surface area contributed by atoms with Crippen molar-refractivity contribution in [3.05, 3.63) is 87.9 Å². The number of nitrogens with one attached hydrogen (secondary N) is 1. The molecule has 1 saturated heterocycles. The summed E-state index contributed by atoms with van der Waals surface area (Å²) in [4.78, 5) is 36.5. The minimum absolute atomic E-state index is 0.0148. The Kier molecular flexibility index (Phi) is 5.03. The Bertz CT molecular complexity index is 1580. The number of rotatable bonds is 3. The number of halogens is 1. The van der Waals surface area contributed by atoms with Gasteiger partial charge in [-0.05, 0) is 60.7 Å². The fourth-order valence-corrected chi connectivity index (χ4v) is 5.55. The molecule has 1 fully saturated rings. The maximum Gasteiger partial charge on any atom is 0.326 e. The number of thiophene rings is 1. The molecule has 4 heterocycles. The standard InChI is InChI=1S/C26H21FN4O2S/c27-16-7-8-20-18(14-16)19(15-22(28-20)24-6-3-13-34-24)25(32)30-11-9-17(10-12-30)31-23-5-2-1-4-21(23)29-26(31)33/h1-8,13-15,17H,9-12H2,(H,29,33). The van der Waals surface area contributed by atoms with Gasteiger partial charge in [0.25, 0.3) is 5.91 Å². The summed E-state index contributed by atoms with van der Waals surface area (Å²) in [6.07, 6.45) is 1.34. The van der Waals surface area contributed by atoms with Crippen molar-refractivity contribution in [3.63, 3.8) is 0 Å². The predicted molar refractivity (Wildman–Crippen MR) is 132 cm³/mol. The van der Waals surface area contributed by atoms with Crippen molar-refractivity contribution < 1.29 is 9.18 Å². The lowest BCUT2D eigenvalue weighted by Gasteiger charge is -2.33. The van der Waals surface area contributed by atoms with Crippen LogP contribution in [-0.2, 0) is 0 Å². The van der Waals surface area contributed by atoms with Crippen LogP contribution in [-0.4, -0.2) is 38.4 Å². The number of nitrogens with zero attached hydrogens (tertiary/aromatic N) is 3. The lowest BCUT2D eigenvalue weighted by atomic mass is 10.0. The van der Waals surface area contributed by atoms with E-state index in [-0.39, 0.29) is 17.6 Å². The molecule has 170 valence electrons. The molecule has 1 N–H and O–H groups in total. The lowest BCUT2D eigenvalue weighted by Crippen LogP contribution is -2.40. The summed E-state index contributed by atoms with van der Waals surface area (Å²) in [5, 5.41) is 2.48. The molecule has 3 aromatic heterocycles. The second-order valence-electron chi connectivity index (χ2n) is 8.53. The molecule has 0 saturated carbocycles. The first-order valence-electron chi connectivity index (χ1n) is 11.2. The Hall–Kier alpha value is -3.78. The van der Waals surface area contributed by atoms with Gasteiger partial charge in [-0.1, -0.05) is 18.2 Å². The minimum atomic E-state index is -0.398. The largest absolute Gasteiger partial charge is 0.338 e. The number of fused-ring (bicyclic) bond motifs is 2. The molecular weight excluding hydrogens is 451 g/mol. The van der Waals surface area contributed by atoms with Crippen LogP contribution < -0.4 is 5.69 Å². The molecule has 2 aromatic carbocycles. The molecule has 0 spiro atoms. The quantitative estimate of drug-likeness (QED) is 0.391. The molecular formula is C26H21FN4O2S. The second-order valence-corrected chi connectivity index (χ2v) is 9.48. The average Bonchev–Trinajstić information content (AvgIpc) is 3.51. The number of carbonyl (C=O) groups excluding carboxylic acids is 1. The predicted octanol–water partition coefficient (Wildman–Crippen LogP) is 5.22. The summed E-state index contributed by atoms with van der Waals surface area (Å²) in [6, 6.07) is 17.7. The molecule has 1 amide bonds. The number of piperidine rings is 1. The molecule has 8 heteroatoms. The highest BCUT2D eigenvalue weighted by Gasteiger charge is 2.28. The van der Waals surface area contributed by atoms with Gasteiger partial charge in [0.2, 0.25) is 0 Å². The number of hydrogen-bond acceptors (Lipinski definition) is 4. The molecule has 6 nitrogen and oxygen atoms in total. The van der Waals surface area contributed by atoms with Crippen molar-refractivity contribution in [2.45, 2.75) is 18.9 Å². The van der Waals surface area contributed by atoms with Crippen molar-refractivity contribution >= 4 is 39.2 Å². The van der Waals surface area contributed by atoms with Gasteiger partial charge in [0.05, 0.1) is 32.7 Å². The van der Waals surface area contributed by atoms with E-state index in [9.17, 15) is 14.0 Å². The Balaban J connectivity index is 1.31. The van der Waals surface area contributed by atoms with Crippen LogP contribution in [0.1, 0.15) is 29.2 Å². The summed E-state index contributed by atoms with van der Waals surface area (Å²) in [5.74, 6) is -0.537. The lowest BCUT2D eigenvalue weighted by molar-refractivity contribution is 0.0697. The van der Waals surface area contributed by atoms with E-state index < -0.39 is 5.82 Å². The van der Waals surface area contributed by atoms with Gasteiger partial charge >= 0.3 is 5.69 Å². The van der Waals surface area contributed by atoms with Crippen LogP contribution in [0.2, 0.25) is 0 Å². The van der Waals surface area contributed by atoms with E-state index in [1.54, 1.807) is 28.4 Å². The SMILES string of the molecule is O=C(c1cc(-c2cccs2)nc2ccc(F)cc12)N1CCC(n2c(=O)[nH]c3ccccc32)CC1. The van der Waals surface area contributed by atoms with Gasteiger partial charge in [-0.2, -0.15) is 0 Å². The third kappa shape index (κ3) is 3.51. The van der Waals surface area contributed by atoms with E-state index in [0.717, 1.165) is 15.9 Å². The van der Waals surface area contributed by atoms with Crippen molar-refractivity contribution in [2.24, 2.45) is 0 Å². The number of pyridine rings is 1. The maximum atomic E-state index is 14.1. The zero-order chi connectivity index (χ0) is 23.2. The van der Waals surface area contributed by atoms with Crippen LogP contribution in [0.3, 0.4) is 0 Å². The molecule has 0 atom stereocenters. The Morgan fingerprint density at radius 2 is 1.88 bits per heavy atom. The smallest absolute Gasteiger partial charge is 0.326 e. The third-order valence-corrected chi connectivity index (χ3v) is 7.41. The summed E-state index contributed by atoms with van der Waals surface area (Å²) < 4.78 is 15.9. The van der Waals surface area contributed by atoms with Crippen LogP contribution in [0.5, 0.6) is 0 Å². The average molecular weight is 473 g/mol. The van der Waals surface area contributed by atoms with E-state index in [0.29, 0.717) is 48.1 Å². The topological polar surface area (TPSA) is 71.0 Å². The zero-order valence-electron chi connectivity index (χ0n) is 18.2. The van der Waals surface area contributed by atoms with Crippen molar-refractivity contribution in [3.8, 4) is 10.6 Å². The van der Waals surface area contributed by atoms with Crippen LogP contribution in [0.15, 0.2) is 70.8 Å². The highest BCUT2D eigenvalue weighted by atomic mass is 32.1. The summed E-state index contributed by atoms with van der Waals surface area (Å²) >= 11 is 1.55. The number of benzene rings is 2. The number of aromatic nitrogens is 3. The van der Waals surface area contributed by atoms with Gasteiger partial charge in [0.15, 0.2) is 0 Å². The molecule has 1 aliphatic rings. The number of likely N-dealkylation sites (tertiary alicyclic amines) is 1. The second kappa shape index (κ2) is 8.22. The maximum absolute atomic E-state index is 14.1. The number of imidazole rings is 1. The molecule has 0 bridgehead atoms.